The third-order valence-electron chi connectivity index (χ3n) is 2.09. The van der Waals surface area contributed by atoms with Crippen LogP contribution in [0.1, 0.15) is 31.4 Å². The first kappa shape index (κ1) is 10.8. The van der Waals surface area contributed by atoms with Crippen LogP contribution < -0.4 is 0 Å². The predicted octanol–water partition coefficient (Wildman–Crippen LogP) is 3.14. The van der Waals surface area contributed by atoms with Crippen LogP contribution in [0.4, 0.5) is 0 Å². The zero-order valence-electron chi connectivity index (χ0n) is 8.37. The van der Waals surface area contributed by atoms with Crippen LogP contribution in [0.3, 0.4) is 0 Å². The topological polar surface area (TPSA) is 30.2 Å². The monoisotopic (exact) mass is 192 g/mol. The van der Waals surface area contributed by atoms with E-state index < -0.39 is 0 Å². The maximum Gasteiger partial charge on any atom is 0.133 e. The van der Waals surface area contributed by atoms with Gasteiger partial charge in [-0.15, -0.1) is 6.58 Å². The van der Waals surface area contributed by atoms with Gasteiger partial charge in [0.15, 0.2) is 0 Å². The number of Topliss-reactive ketones (excluding diaryl/α,β-unsaturated/α-hetero) is 1. The molecule has 0 atom stereocenters. The first-order valence-electron chi connectivity index (χ1n) is 4.98. The van der Waals surface area contributed by atoms with E-state index in [1.54, 1.807) is 6.26 Å². The summed E-state index contributed by atoms with van der Waals surface area (Å²) in [5.41, 5.74) is 0. The molecule has 0 radical (unpaired) electrons. The summed E-state index contributed by atoms with van der Waals surface area (Å²) in [6.07, 6.45) is 7.29. The lowest BCUT2D eigenvalue weighted by Crippen LogP contribution is -1.99. The van der Waals surface area contributed by atoms with Crippen molar-refractivity contribution in [3.63, 3.8) is 0 Å². The normalized spacial score (nSPS) is 10.0. The minimum atomic E-state index is 0.309. The molecular formula is C12H16O2. The van der Waals surface area contributed by atoms with E-state index >= 15 is 0 Å². The number of unbranched alkanes of at least 4 members (excludes halogenated alkanes) is 1. The van der Waals surface area contributed by atoms with Crippen LogP contribution in [-0.4, -0.2) is 5.78 Å². The van der Waals surface area contributed by atoms with Gasteiger partial charge in [-0.2, -0.15) is 0 Å². The van der Waals surface area contributed by atoms with Crippen molar-refractivity contribution in [1.82, 2.24) is 0 Å². The van der Waals surface area contributed by atoms with Gasteiger partial charge in [0.2, 0.25) is 0 Å². The molecular weight excluding hydrogens is 176 g/mol. The molecule has 0 unspecified atom stereocenters. The van der Waals surface area contributed by atoms with E-state index in [1.165, 1.54) is 0 Å². The molecule has 1 heterocycles. The van der Waals surface area contributed by atoms with Crippen molar-refractivity contribution in [3.8, 4) is 0 Å². The van der Waals surface area contributed by atoms with E-state index in [0.717, 1.165) is 25.0 Å². The van der Waals surface area contributed by atoms with Gasteiger partial charge >= 0.3 is 0 Å². The molecule has 1 aromatic rings. The van der Waals surface area contributed by atoms with Gasteiger partial charge in [0.05, 0.1) is 6.26 Å². The highest BCUT2D eigenvalue weighted by molar-refractivity contribution is 5.78. The first-order chi connectivity index (χ1) is 6.83. The molecule has 14 heavy (non-hydrogen) atoms. The van der Waals surface area contributed by atoms with Crippen LogP contribution >= 0.6 is 0 Å². The molecule has 76 valence electrons. The van der Waals surface area contributed by atoms with Gasteiger partial charge in [-0.3, -0.25) is 4.79 Å². The van der Waals surface area contributed by atoms with Crippen molar-refractivity contribution in [3.05, 3.63) is 36.8 Å². The van der Waals surface area contributed by atoms with Crippen molar-refractivity contribution in [1.29, 1.82) is 0 Å². The van der Waals surface area contributed by atoms with E-state index in [2.05, 4.69) is 6.58 Å². The number of carbonyl (C=O) groups excluding carboxylic acids is 1. The maximum atomic E-state index is 11.3. The fraction of sp³-hybridized carbons (Fsp3) is 0.417. The molecule has 0 aliphatic rings. The molecule has 1 aromatic heterocycles. The third-order valence-corrected chi connectivity index (χ3v) is 2.09. The van der Waals surface area contributed by atoms with Gasteiger partial charge in [0, 0.05) is 19.3 Å². The van der Waals surface area contributed by atoms with Crippen LogP contribution in [0, 0.1) is 0 Å². The number of aryl methyl sites for hydroxylation is 1. The Kier molecular flexibility index (Phi) is 4.76. The highest BCUT2D eigenvalue weighted by atomic mass is 16.3. The van der Waals surface area contributed by atoms with Crippen LogP contribution in [0.25, 0.3) is 0 Å². The summed E-state index contributed by atoms with van der Waals surface area (Å²) >= 11 is 0. The molecule has 0 saturated heterocycles. The molecule has 0 N–H and O–H groups in total. The number of allylic oxidation sites excluding steroid dienone is 1. The Balaban J connectivity index is 2.12. The Labute approximate surface area is 84.6 Å². The molecule has 0 aliphatic carbocycles. The molecule has 0 amide bonds. The third kappa shape index (κ3) is 4.08. The van der Waals surface area contributed by atoms with Crippen molar-refractivity contribution in [2.24, 2.45) is 0 Å². The fourth-order valence-electron chi connectivity index (χ4n) is 1.29. The van der Waals surface area contributed by atoms with Crippen molar-refractivity contribution < 1.29 is 9.21 Å². The minimum absolute atomic E-state index is 0.309. The summed E-state index contributed by atoms with van der Waals surface area (Å²) in [6, 6.07) is 3.74. The summed E-state index contributed by atoms with van der Waals surface area (Å²) < 4.78 is 5.14. The second-order valence-corrected chi connectivity index (χ2v) is 3.30. The van der Waals surface area contributed by atoms with Crippen molar-refractivity contribution >= 4 is 5.78 Å². The highest BCUT2D eigenvalue weighted by Gasteiger charge is 2.03. The number of rotatable bonds is 7. The Morgan fingerprint density at radius 3 is 3.00 bits per heavy atom. The zero-order chi connectivity index (χ0) is 10.2. The molecule has 0 fully saturated rings. The predicted molar refractivity (Wildman–Crippen MR) is 56.1 cm³/mol. The maximum absolute atomic E-state index is 11.3. The Morgan fingerprint density at radius 1 is 1.50 bits per heavy atom. The molecule has 2 nitrogen and oxygen atoms in total. The molecule has 2 heteroatoms. The summed E-state index contributed by atoms with van der Waals surface area (Å²) in [6.45, 7) is 3.62. The molecule has 0 spiro atoms. The van der Waals surface area contributed by atoms with Crippen LogP contribution in [0.15, 0.2) is 35.5 Å². The average Bonchev–Trinajstić information content (AvgIpc) is 2.68. The lowest BCUT2D eigenvalue weighted by Gasteiger charge is -1.97. The van der Waals surface area contributed by atoms with Crippen molar-refractivity contribution in [2.75, 3.05) is 0 Å². The number of hydrogen-bond acceptors (Lipinski definition) is 2. The number of hydrogen-bond donors (Lipinski definition) is 0. The minimum Gasteiger partial charge on any atom is -0.469 e. The average molecular weight is 192 g/mol. The Hall–Kier alpha value is -1.31. The van der Waals surface area contributed by atoms with E-state index in [1.807, 2.05) is 18.2 Å². The summed E-state index contributed by atoms with van der Waals surface area (Å²) in [5, 5.41) is 0. The standard InChI is InChI=1S/C12H16O2/c1-2-3-4-6-11(13)8-9-12-7-5-10-14-12/h2,5,7,10H,1,3-4,6,8-9H2. The van der Waals surface area contributed by atoms with Gasteiger partial charge in [-0.05, 0) is 25.0 Å². The second kappa shape index (κ2) is 6.19. The lowest BCUT2D eigenvalue weighted by atomic mass is 10.1. The number of ketones is 1. The summed E-state index contributed by atoms with van der Waals surface area (Å²) in [7, 11) is 0. The van der Waals surface area contributed by atoms with Gasteiger partial charge in [-0.25, -0.2) is 0 Å². The van der Waals surface area contributed by atoms with Crippen molar-refractivity contribution in [2.45, 2.75) is 32.1 Å². The molecule has 1 rings (SSSR count). The van der Waals surface area contributed by atoms with Gasteiger partial charge in [0.1, 0.15) is 11.5 Å². The van der Waals surface area contributed by atoms with Gasteiger partial charge < -0.3 is 4.42 Å². The fourth-order valence-corrected chi connectivity index (χ4v) is 1.29. The lowest BCUT2D eigenvalue weighted by molar-refractivity contribution is -0.119. The smallest absolute Gasteiger partial charge is 0.133 e. The highest BCUT2D eigenvalue weighted by Crippen LogP contribution is 2.06. The van der Waals surface area contributed by atoms with E-state index in [4.69, 9.17) is 4.42 Å². The van der Waals surface area contributed by atoms with E-state index in [9.17, 15) is 4.79 Å². The SMILES string of the molecule is C=CCCCC(=O)CCc1ccco1. The van der Waals surface area contributed by atoms with Gasteiger partial charge in [-0.1, -0.05) is 6.08 Å². The van der Waals surface area contributed by atoms with Gasteiger partial charge in [0.25, 0.3) is 0 Å². The Morgan fingerprint density at radius 2 is 2.36 bits per heavy atom. The largest absolute Gasteiger partial charge is 0.469 e. The summed E-state index contributed by atoms with van der Waals surface area (Å²) in [5.74, 6) is 1.20. The molecule has 0 saturated carbocycles. The van der Waals surface area contributed by atoms with E-state index in [-0.39, 0.29) is 0 Å². The van der Waals surface area contributed by atoms with E-state index in [0.29, 0.717) is 18.6 Å². The first-order valence-corrected chi connectivity index (χ1v) is 4.98. The quantitative estimate of drug-likeness (QED) is 0.490. The number of carbonyl (C=O) groups is 1. The molecule has 0 bridgehead atoms. The molecule has 0 aromatic carbocycles. The summed E-state index contributed by atoms with van der Waals surface area (Å²) in [4.78, 5) is 11.3. The second-order valence-electron chi connectivity index (χ2n) is 3.30. The Bertz CT molecular complexity index is 273. The zero-order valence-corrected chi connectivity index (χ0v) is 8.37. The van der Waals surface area contributed by atoms with Crippen LogP contribution in [-0.2, 0) is 11.2 Å². The van der Waals surface area contributed by atoms with Crippen LogP contribution in [0.2, 0.25) is 0 Å². The number of furan rings is 1. The molecule has 0 aliphatic heterocycles. The van der Waals surface area contributed by atoms with Crippen LogP contribution in [0.5, 0.6) is 0 Å².